The molecule has 0 bridgehead atoms. The van der Waals surface area contributed by atoms with Crippen molar-refractivity contribution in [2.75, 3.05) is 13.7 Å². The van der Waals surface area contributed by atoms with Gasteiger partial charge in [-0.05, 0) is 31.0 Å². The first-order valence-corrected chi connectivity index (χ1v) is 6.88. The molecule has 0 aliphatic heterocycles. The molecule has 3 N–H and O–H groups in total. The fraction of sp³-hybridized carbons (Fsp3) is 0.467. The third kappa shape index (κ3) is 5.07. The van der Waals surface area contributed by atoms with Crippen molar-refractivity contribution < 1.29 is 19.4 Å². The van der Waals surface area contributed by atoms with E-state index in [0.29, 0.717) is 6.42 Å². The van der Waals surface area contributed by atoms with E-state index in [0.717, 1.165) is 11.3 Å². The number of hydrogen-bond acceptors (Lipinski definition) is 4. The molecule has 2 unspecified atom stereocenters. The molecule has 1 rings (SSSR count). The zero-order chi connectivity index (χ0) is 15.8. The zero-order valence-electron chi connectivity index (χ0n) is 12.6. The summed E-state index contributed by atoms with van der Waals surface area (Å²) in [5.41, 5.74) is 0.867. The fourth-order valence-electron chi connectivity index (χ4n) is 1.77. The smallest absolute Gasteiger partial charge is 0.309 e. The minimum absolute atomic E-state index is 0.191. The first-order chi connectivity index (χ1) is 10.0. The summed E-state index contributed by atoms with van der Waals surface area (Å²) in [5, 5.41) is 14.1. The molecule has 1 aromatic carbocycles. The number of benzene rings is 1. The topological polar surface area (TPSA) is 87.7 Å². The molecule has 0 heterocycles. The average Bonchev–Trinajstić information content (AvgIpc) is 2.52. The minimum atomic E-state index is -0.740. The second kappa shape index (κ2) is 8.26. The number of carbonyl (C=O) groups excluding carboxylic acids is 2. The molecular formula is C15H22N2O4. The summed E-state index contributed by atoms with van der Waals surface area (Å²) in [6, 6.07) is 6.52. The van der Waals surface area contributed by atoms with Crippen LogP contribution in [0.1, 0.15) is 31.9 Å². The van der Waals surface area contributed by atoms with E-state index in [4.69, 9.17) is 9.84 Å². The van der Waals surface area contributed by atoms with Crippen molar-refractivity contribution in [3.8, 4) is 5.75 Å². The highest BCUT2D eigenvalue weighted by atomic mass is 16.5. The van der Waals surface area contributed by atoms with Crippen LogP contribution in [0.15, 0.2) is 24.3 Å². The van der Waals surface area contributed by atoms with E-state index in [1.807, 2.05) is 19.1 Å². The monoisotopic (exact) mass is 294 g/mol. The second-order valence-electron chi connectivity index (χ2n) is 4.73. The molecule has 0 aliphatic carbocycles. The first kappa shape index (κ1) is 17.0. The Morgan fingerprint density at radius 2 is 1.76 bits per heavy atom. The molecular weight excluding hydrogens is 272 g/mol. The molecule has 116 valence electrons. The summed E-state index contributed by atoms with van der Waals surface area (Å²) in [4.78, 5) is 23.5. The third-order valence-electron chi connectivity index (χ3n) is 3.22. The highest BCUT2D eigenvalue weighted by Crippen LogP contribution is 2.17. The van der Waals surface area contributed by atoms with Gasteiger partial charge < -0.3 is 20.5 Å². The Morgan fingerprint density at radius 3 is 2.24 bits per heavy atom. The predicted molar refractivity (Wildman–Crippen MR) is 78.9 cm³/mol. The standard InChI is InChI=1S/C15H22N2O4/c1-4-12(9-18)17-15(20)14(19)16-10(2)11-5-7-13(21-3)8-6-11/h5-8,10,12,18H,4,9H2,1-3H3,(H,16,19)(H,17,20). The molecule has 1 aromatic rings. The van der Waals surface area contributed by atoms with Crippen LogP contribution in [0.25, 0.3) is 0 Å². The Hall–Kier alpha value is -2.08. The third-order valence-corrected chi connectivity index (χ3v) is 3.22. The predicted octanol–water partition coefficient (Wildman–Crippen LogP) is 0.759. The molecule has 21 heavy (non-hydrogen) atoms. The van der Waals surface area contributed by atoms with Gasteiger partial charge in [-0.3, -0.25) is 9.59 Å². The van der Waals surface area contributed by atoms with Crippen LogP contribution in [0.5, 0.6) is 5.75 Å². The van der Waals surface area contributed by atoms with Crippen molar-refractivity contribution in [1.82, 2.24) is 10.6 Å². The first-order valence-electron chi connectivity index (χ1n) is 6.88. The number of rotatable bonds is 6. The lowest BCUT2D eigenvalue weighted by molar-refractivity contribution is -0.140. The van der Waals surface area contributed by atoms with E-state index in [2.05, 4.69) is 10.6 Å². The van der Waals surface area contributed by atoms with E-state index in [1.165, 1.54) is 0 Å². The lowest BCUT2D eigenvalue weighted by Crippen LogP contribution is -2.46. The molecule has 0 saturated heterocycles. The van der Waals surface area contributed by atoms with E-state index >= 15 is 0 Å². The Balaban J connectivity index is 2.58. The van der Waals surface area contributed by atoms with Gasteiger partial charge in [-0.1, -0.05) is 19.1 Å². The highest BCUT2D eigenvalue weighted by Gasteiger charge is 2.19. The number of nitrogens with one attached hydrogen (secondary N) is 2. The van der Waals surface area contributed by atoms with Crippen LogP contribution in [-0.2, 0) is 9.59 Å². The van der Waals surface area contributed by atoms with Gasteiger partial charge in [0.1, 0.15) is 5.75 Å². The van der Waals surface area contributed by atoms with Crippen LogP contribution in [-0.4, -0.2) is 36.7 Å². The number of ether oxygens (including phenoxy) is 1. The highest BCUT2D eigenvalue weighted by molar-refractivity contribution is 6.35. The molecule has 0 radical (unpaired) electrons. The SMILES string of the molecule is CCC(CO)NC(=O)C(=O)NC(C)c1ccc(OC)cc1. The normalized spacial score (nSPS) is 13.1. The van der Waals surface area contributed by atoms with Gasteiger partial charge in [0.15, 0.2) is 0 Å². The molecule has 6 heteroatoms. The molecule has 6 nitrogen and oxygen atoms in total. The summed E-state index contributed by atoms with van der Waals surface area (Å²) in [6.07, 6.45) is 0.559. The number of hydrogen-bond donors (Lipinski definition) is 3. The van der Waals surface area contributed by atoms with Crippen molar-refractivity contribution in [2.45, 2.75) is 32.4 Å². The van der Waals surface area contributed by atoms with Crippen LogP contribution in [0, 0.1) is 0 Å². The second-order valence-corrected chi connectivity index (χ2v) is 4.73. The lowest BCUT2D eigenvalue weighted by Gasteiger charge is -2.17. The van der Waals surface area contributed by atoms with Gasteiger partial charge in [-0.2, -0.15) is 0 Å². The Labute approximate surface area is 124 Å². The van der Waals surface area contributed by atoms with Gasteiger partial charge in [0, 0.05) is 0 Å². The van der Waals surface area contributed by atoms with E-state index in [-0.39, 0.29) is 12.6 Å². The summed E-state index contributed by atoms with van der Waals surface area (Å²) < 4.78 is 5.06. The molecule has 2 amide bonds. The molecule has 0 fully saturated rings. The van der Waals surface area contributed by atoms with Gasteiger partial charge in [-0.25, -0.2) is 0 Å². The van der Waals surface area contributed by atoms with E-state index in [1.54, 1.807) is 26.2 Å². The lowest BCUT2D eigenvalue weighted by atomic mass is 10.1. The Morgan fingerprint density at radius 1 is 1.19 bits per heavy atom. The maximum absolute atomic E-state index is 11.8. The Bertz CT molecular complexity index is 469. The van der Waals surface area contributed by atoms with Crippen molar-refractivity contribution in [3.05, 3.63) is 29.8 Å². The molecule has 2 atom stereocenters. The number of methoxy groups -OCH3 is 1. The van der Waals surface area contributed by atoms with Crippen LogP contribution >= 0.6 is 0 Å². The number of aliphatic hydroxyl groups is 1. The summed E-state index contributed by atoms with van der Waals surface area (Å²) in [7, 11) is 1.58. The summed E-state index contributed by atoms with van der Waals surface area (Å²) in [6.45, 7) is 3.42. The molecule has 0 aliphatic rings. The van der Waals surface area contributed by atoms with E-state index in [9.17, 15) is 9.59 Å². The van der Waals surface area contributed by atoms with Crippen molar-refractivity contribution in [1.29, 1.82) is 0 Å². The van der Waals surface area contributed by atoms with Crippen LogP contribution in [0.4, 0.5) is 0 Å². The van der Waals surface area contributed by atoms with Gasteiger partial charge in [0.2, 0.25) is 0 Å². The maximum atomic E-state index is 11.8. The van der Waals surface area contributed by atoms with Crippen molar-refractivity contribution in [3.63, 3.8) is 0 Å². The van der Waals surface area contributed by atoms with Crippen molar-refractivity contribution >= 4 is 11.8 Å². The molecule has 0 spiro atoms. The Kier molecular flexibility index (Phi) is 6.68. The van der Waals surface area contributed by atoms with Gasteiger partial charge in [0.05, 0.1) is 25.8 Å². The number of amides is 2. The average molecular weight is 294 g/mol. The van der Waals surface area contributed by atoms with Crippen molar-refractivity contribution in [2.24, 2.45) is 0 Å². The van der Waals surface area contributed by atoms with Gasteiger partial charge in [0.25, 0.3) is 0 Å². The fourth-order valence-corrected chi connectivity index (χ4v) is 1.77. The quantitative estimate of drug-likeness (QED) is 0.676. The van der Waals surface area contributed by atoms with Gasteiger partial charge >= 0.3 is 11.8 Å². The summed E-state index contributed by atoms with van der Waals surface area (Å²) in [5.74, 6) is -0.731. The number of aliphatic hydroxyl groups excluding tert-OH is 1. The minimum Gasteiger partial charge on any atom is -0.497 e. The maximum Gasteiger partial charge on any atom is 0.309 e. The zero-order valence-corrected chi connectivity index (χ0v) is 12.6. The van der Waals surface area contributed by atoms with Crippen LogP contribution < -0.4 is 15.4 Å². The van der Waals surface area contributed by atoms with E-state index < -0.39 is 17.9 Å². The molecule has 0 aromatic heterocycles. The van der Waals surface area contributed by atoms with Crippen LogP contribution in [0.2, 0.25) is 0 Å². The summed E-state index contributed by atoms with van der Waals surface area (Å²) >= 11 is 0. The van der Waals surface area contributed by atoms with Crippen LogP contribution in [0.3, 0.4) is 0 Å². The largest absolute Gasteiger partial charge is 0.497 e. The van der Waals surface area contributed by atoms with Gasteiger partial charge in [-0.15, -0.1) is 0 Å². The molecule has 0 saturated carbocycles. The number of carbonyl (C=O) groups is 2.